The van der Waals surface area contributed by atoms with E-state index in [0.29, 0.717) is 0 Å². The fourth-order valence-corrected chi connectivity index (χ4v) is 1.24. The molecule has 0 amide bonds. The van der Waals surface area contributed by atoms with E-state index in [0.717, 1.165) is 16.6 Å². The Morgan fingerprint density at radius 1 is 1.23 bits per heavy atom. The van der Waals surface area contributed by atoms with E-state index in [-0.39, 0.29) is 0 Å². The van der Waals surface area contributed by atoms with Crippen molar-refractivity contribution in [3.8, 4) is 0 Å². The Morgan fingerprint density at radius 3 is 2.92 bits per heavy atom. The maximum atomic E-state index is 3.97. The van der Waals surface area contributed by atoms with Gasteiger partial charge in [-0.3, -0.25) is 0 Å². The summed E-state index contributed by atoms with van der Waals surface area (Å²) in [7, 11) is 1.80. The van der Waals surface area contributed by atoms with E-state index in [9.17, 15) is 0 Å². The lowest BCUT2D eigenvalue weighted by atomic mass is 10.2. The Labute approximate surface area is 76.0 Å². The average molecular weight is 174 g/mol. The molecule has 2 N–H and O–H groups in total. The minimum Gasteiger partial charge on any atom is -0.304 e. The SMILES string of the molecule is CNNc1nncc2ccccc12. The first kappa shape index (κ1) is 7.94. The Morgan fingerprint density at radius 2 is 2.08 bits per heavy atom. The van der Waals surface area contributed by atoms with E-state index in [1.807, 2.05) is 24.3 Å². The van der Waals surface area contributed by atoms with E-state index in [1.165, 1.54) is 0 Å². The minimum atomic E-state index is 0.751. The summed E-state index contributed by atoms with van der Waals surface area (Å²) in [5, 5.41) is 9.99. The molecule has 1 aromatic carbocycles. The molecule has 0 aliphatic carbocycles. The number of hydrogen-bond acceptors (Lipinski definition) is 4. The van der Waals surface area contributed by atoms with Gasteiger partial charge in [0.1, 0.15) is 0 Å². The molecule has 0 bridgehead atoms. The molecule has 66 valence electrons. The van der Waals surface area contributed by atoms with Crippen molar-refractivity contribution in [3.05, 3.63) is 30.5 Å². The lowest BCUT2D eigenvalue weighted by molar-refractivity contribution is 0.938. The number of nitrogens with zero attached hydrogens (tertiary/aromatic N) is 2. The van der Waals surface area contributed by atoms with Gasteiger partial charge in [0.2, 0.25) is 0 Å². The van der Waals surface area contributed by atoms with E-state index >= 15 is 0 Å². The molecule has 0 aliphatic heterocycles. The molecule has 4 nitrogen and oxygen atoms in total. The fraction of sp³-hybridized carbons (Fsp3) is 0.111. The van der Waals surface area contributed by atoms with Crippen molar-refractivity contribution in [1.82, 2.24) is 15.6 Å². The van der Waals surface area contributed by atoms with E-state index < -0.39 is 0 Å². The minimum absolute atomic E-state index is 0.751. The molecule has 0 aliphatic rings. The van der Waals surface area contributed by atoms with Gasteiger partial charge in [-0.25, -0.2) is 5.43 Å². The number of rotatable bonds is 2. The number of aromatic nitrogens is 2. The van der Waals surface area contributed by atoms with E-state index in [4.69, 9.17) is 0 Å². The molecule has 4 heteroatoms. The second kappa shape index (κ2) is 3.37. The van der Waals surface area contributed by atoms with Gasteiger partial charge in [-0.15, -0.1) is 5.10 Å². The van der Waals surface area contributed by atoms with Gasteiger partial charge < -0.3 is 5.43 Å². The fourth-order valence-electron chi connectivity index (χ4n) is 1.24. The van der Waals surface area contributed by atoms with Crippen LogP contribution in [-0.4, -0.2) is 17.2 Å². The largest absolute Gasteiger partial charge is 0.304 e. The van der Waals surface area contributed by atoms with Gasteiger partial charge in [0.25, 0.3) is 0 Å². The monoisotopic (exact) mass is 174 g/mol. The van der Waals surface area contributed by atoms with Gasteiger partial charge >= 0.3 is 0 Å². The van der Waals surface area contributed by atoms with Crippen molar-refractivity contribution in [3.63, 3.8) is 0 Å². The Balaban J connectivity index is 2.61. The highest BCUT2D eigenvalue weighted by molar-refractivity contribution is 5.90. The second-order valence-corrected chi connectivity index (χ2v) is 2.66. The predicted octanol–water partition coefficient (Wildman–Crippen LogP) is 1.18. The average Bonchev–Trinajstić information content (AvgIpc) is 2.19. The normalized spacial score (nSPS) is 10.2. The smallest absolute Gasteiger partial charge is 0.170 e. The van der Waals surface area contributed by atoms with Crippen LogP contribution in [0, 0.1) is 0 Å². The third-order valence-corrected chi connectivity index (χ3v) is 1.81. The van der Waals surface area contributed by atoms with Crippen LogP contribution >= 0.6 is 0 Å². The number of hydrazine groups is 1. The molecule has 0 saturated heterocycles. The molecule has 13 heavy (non-hydrogen) atoms. The lowest BCUT2D eigenvalue weighted by Gasteiger charge is -2.04. The highest BCUT2D eigenvalue weighted by atomic mass is 15.4. The first-order valence-corrected chi connectivity index (χ1v) is 4.05. The Kier molecular flexibility index (Phi) is 2.06. The van der Waals surface area contributed by atoms with Gasteiger partial charge in [-0.1, -0.05) is 24.3 Å². The van der Waals surface area contributed by atoms with Crippen LogP contribution in [0.1, 0.15) is 0 Å². The molecular weight excluding hydrogens is 164 g/mol. The third kappa shape index (κ3) is 1.43. The summed E-state index contributed by atoms with van der Waals surface area (Å²) in [5.41, 5.74) is 5.75. The van der Waals surface area contributed by atoms with Crippen molar-refractivity contribution in [2.75, 3.05) is 12.5 Å². The van der Waals surface area contributed by atoms with Crippen LogP contribution in [-0.2, 0) is 0 Å². The standard InChI is InChI=1S/C9H10N4/c1-10-12-9-8-5-3-2-4-7(8)6-11-13-9/h2-6,10H,1H3,(H,12,13). The van der Waals surface area contributed by atoms with Gasteiger partial charge in [-0.2, -0.15) is 5.10 Å². The number of nitrogens with one attached hydrogen (secondary N) is 2. The Bertz CT molecular complexity index is 408. The zero-order chi connectivity index (χ0) is 9.10. The van der Waals surface area contributed by atoms with Gasteiger partial charge in [0.15, 0.2) is 5.82 Å². The van der Waals surface area contributed by atoms with Crippen LogP contribution in [0.5, 0.6) is 0 Å². The lowest BCUT2D eigenvalue weighted by Crippen LogP contribution is -2.16. The summed E-state index contributed by atoms with van der Waals surface area (Å²) in [5.74, 6) is 0.751. The van der Waals surface area contributed by atoms with Crippen molar-refractivity contribution in [1.29, 1.82) is 0 Å². The summed E-state index contributed by atoms with van der Waals surface area (Å²) >= 11 is 0. The molecule has 2 rings (SSSR count). The van der Waals surface area contributed by atoms with Crippen LogP contribution in [0.25, 0.3) is 10.8 Å². The summed E-state index contributed by atoms with van der Waals surface area (Å²) < 4.78 is 0. The zero-order valence-electron chi connectivity index (χ0n) is 7.28. The second-order valence-electron chi connectivity index (χ2n) is 2.66. The molecule has 2 aromatic rings. The van der Waals surface area contributed by atoms with E-state index in [1.54, 1.807) is 13.2 Å². The van der Waals surface area contributed by atoms with Gasteiger partial charge in [0.05, 0.1) is 6.20 Å². The third-order valence-electron chi connectivity index (χ3n) is 1.81. The first-order chi connectivity index (χ1) is 6.42. The van der Waals surface area contributed by atoms with E-state index in [2.05, 4.69) is 21.0 Å². The van der Waals surface area contributed by atoms with Crippen LogP contribution in [0.2, 0.25) is 0 Å². The molecular formula is C9H10N4. The molecule has 1 heterocycles. The van der Waals surface area contributed by atoms with Crippen molar-refractivity contribution in [2.24, 2.45) is 0 Å². The molecule has 0 unspecified atom stereocenters. The topological polar surface area (TPSA) is 49.8 Å². The number of fused-ring (bicyclic) bond motifs is 1. The van der Waals surface area contributed by atoms with Crippen LogP contribution in [0.3, 0.4) is 0 Å². The first-order valence-electron chi connectivity index (χ1n) is 4.05. The maximum Gasteiger partial charge on any atom is 0.170 e. The molecule has 1 aromatic heterocycles. The number of hydrogen-bond donors (Lipinski definition) is 2. The summed E-state index contributed by atoms with van der Waals surface area (Å²) in [4.78, 5) is 0. The summed E-state index contributed by atoms with van der Waals surface area (Å²) in [6.45, 7) is 0. The predicted molar refractivity (Wildman–Crippen MR) is 52.2 cm³/mol. The quantitative estimate of drug-likeness (QED) is 0.671. The zero-order valence-corrected chi connectivity index (χ0v) is 7.28. The van der Waals surface area contributed by atoms with Gasteiger partial charge in [0, 0.05) is 17.8 Å². The van der Waals surface area contributed by atoms with Gasteiger partial charge in [-0.05, 0) is 0 Å². The molecule has 0 saturated carbocycles. The molecule has 0 atom stereocenters. The van der Waals surface area contributed by atoms with Crippen molar-refractivity contribution >= 4 is 16.6 Å². The maximum absolute atomic E-state index is 3.97. The summed E-state index contributed by atoms with van der Waals surface area (Å²) in [6, 6.07) is 7.96. The number of benzene rings is 1. The molecule has 0 spiro atoms. The summed E-state index contributed by atoms with van der Waals surface area (Å²) in [6.07, 6.45) is 1.75. The molecule has 0 radical (unpaired) electrons. The van der Waals surface area contributed by atoms with Crippen LogP contribution in [0.15, 0.2) is 30.5 Å². The van der Waals surface area contributed by atoms with Crippen molar-refractivity contribution in [2.45, 2.75) is 0 Å². The van der Waals surface area contributed by atoms with Crippen LogP contribution < -0.4 is 10.9 Å². The van der Waals surface area contributed by atoms with Crippen molar-refractivity contribution < 1.29 is 0 Å². The van der Waals surface area contributed by atoms with Crippen LogP contribution in [0.4, 0.5) is 5.82 Å². The number of anilines is 1. The molecule has 0 fully saturated rings. The highest BCUT2D eigenvalue weighted by Gasteiger charge is 1.99. The Hall–Kier alpha value is -1.68. The highest BCUT2D eigenvalue weighted by Crippen LogP contribution is 2.17.